The molecule has 0 spiro atoms. The molecule has 0 aliphatic carbocycles. The number of carbonyl (C=O) groups excluding carboxylic acids is 1. The van der Waals surface area contributed by atoms with Crippen LogP contribution in [-0.2, 0) is 12.8 Å². The van der Waals surface area contributed by atoms with Gasteiger partial charge in [-0.2, -0.15) is 0 Å². The van der Waals surface area contributed by atoms with Gasteiger partial charge in [0.05, 0.1) is 6.10 Å². The zero-order valence-electron chi connectivity index (χ0n) is 17.5. The van der Waals surface area contributed by atoms with E-state index in [2.05, 4.69) is 10.3 Å². The molecule has 9 heteroatoms. The van der Waals surface area contributed by atoms with E-state index in [-0.39, 0.29) is 18.5 Å². The van der Waals surface area contributed by atoms with Gasteiger partial charge in [0.25, 0.3) is 5.91 Å². The van der Waals surface area contributed by atoms with Gasteiger partial charge < -0.3 is 15.3 Å². The van der Waals surface area contributed by atoms with Crippen LogP contribution in [0.15, 0.2) is 48.7 Å². The van der Waals surface area contributed by atoms with Gasteiger partial charge in [0.1, 0.15) is 6.67 Å². The Morgan fingerprint density at radius 2 is 1.91 bits per heavy atom. The van der Waals surface area contributed by atoms with Crippen molar-refractivity contribution in [2.24, 2.45) is 0 Å². The molecule has 2 heterocycles. The number of nitrogens with one attached hydrogen (secondary N) is 1. The summed E-state index contributed by atoms with van der Waals surface area (Å²) in [4.78, 5) is 18.8. The lowest BCUT2D eigenvalue weighted by molar-refractivity contribution is 0.0894. The van der Waals surface area contributed by atoms with Crippen LogP contribution in [0.25, 0.3) is 0 Å². The zero-order chi connectivity index (χ0) is 23.5. The molecule has 1 aromatic heterocycles. The van der Waals surface area contributed by atoms with Crippen LogP contribution in [0.1, 0.15) is 27.2 Å². The largest absolute Gasteiger partial charge is 0.389 e. The first kappa shape index (κ1) is 22.7. The summed E-state index contributed by atoms with van der Waals surface area (Å²) in [6.45, 7) is -0.528. The molecular formula is C24H21F4N3O2. The first-order valence-electron chi connectivity index (χ1n) is 10.4. The molecule has 3 aromatic rings. The second-order valence-corrected chi connectivity index (χ2v) is 7.78. The van der Waals surface area contributed by atoms with Crippen molar-refractivity contribution in [1.29, 1.82) is 0 Å². The zero-order valence-corrected chi connectivity index (χ0v) is 17.5. The summed E-state index contributed by atoms with van der Waals surface area (Å²) in [7, 11) is 0. The molecule has 0 bridgehead atoms. The molecule has 5 nitrogen and oxygen atoms in total. The third kappa shape index (κ3) is 4.83. The van der Waals surface area contributed by atoms with Crippen LogP contribution in [0.3, 0.4) is 0 Å². The van der Waals surface area contributed by atoms with E-state index in [1.165, 1.54) is 0 Å². The number of benzene rings is 2. The lowest BCUT2D eigenvalue weighted by Gasteiger charge is -2.20. The number of nitrogens with zero attached hydrogens (tertiary/aromatic N) is 2. The predicted molar refractivity (Wildman–Crippen MR) is 115 cm³/mol. The quantitative estimate of drug-likeness (QED) is 0.416. The fraction of sp³-hybridized carbons (Fsp3) is 0.250. The molecule has 2 N–H and O–H groups in total. The minimum Gasteiger partial charge on any atom is -0.389 e. The molecule has 0 radical (unpaired) electrons. The van der Waals surface area contributed by atoms with Gasteiger partial charge in [0.15, 0.2) is 17.5 Å². The number of hydrogen-bond donors (Lipinski definition) is 2. The molecule has 1 unspecified atom stereocenters. The molecule has 1 atom stereocenters. The average molecular weight is 459 g/mol. The van der Waals surface area contributed by atoms with Crippen molar-refractivity contribution < 1.29 is 27.5 Å². The first-order valence-corrected chi connectivity index (χ1v) is 10.4. The Morgan fingerprint density at radius 3 is 2.64 bits per heavy atom. The van der Waals surface area contributed by atoms with E-state index in [0.717, 1.165) is 29.1 Å². The number of aliphatic hydroxyl groups is 1. The number of pyridine rings is 1. The van der Waals surface area contributed by atoms with Crippen molar-refractivity contribution >= 4 is 17.3 Å². The number of aliphatic hydroxyl groups excluding tert-OH is 1. The summed E-state index contributed by atoms with van der Waals surface area (Å²) in [5, 5.41) is 11.9. The maximum atomic E-state index is 13.5. The molecule has 33 heavy (non-hydrogen) atoms. The smallest absolute Gasteiger partial charge is 0.251 e. The standard InChI is InChI=1S/C24H21F4N3O2/c25-12-17(32)13-30-24(33)19-2-1-3-22-18(19)5-7-31(22)16-4-6-29-15(11-16)8-14-9-20(26)23(28)21(27)10-14/h1-4,6,9-11,17,32H,5,7-8,12-13H2,(H,30,33). The SMILES string of the molecule is O=C(NCC(O)CF)c1cccc2c1CCN2c1ccnc(Cc2cc(F)c(F)c(F)c2)c1. The number of fused-ring (bicyclic) bond motifs is 1. The maximum Gasteiger partial charge on any atom is 0.251 e. The number of rotatable bonds is 7. The van der Waals surface area contributed by atoms with Crippen LogP contribution in [0.2, 0.25) is 0 Å². The number of amides is 1. The summed E-state index contributed by atoms with van der Waals surface area (Å²) >= 11 is 0. The third-order valence-electron chi connectivity index (χ3n) is 5.49. The highest BCUT2D eigenvalue weighted by atomic mass is 19.2. The van der Waals surface area contributed by atoms with Gasteiger partial charge in [-0.1, -0.05) is 6.07 Å². The van der Waals surface area contributed by atoms with E-state index >= 15 is 0 Å². The number of aromatic nitrogens is 1. The molecular weight excluding hydrogens is 438 g/mol. The van der Waals surface area contributed by atoms with E-state index in [9.17, 15) is 27.5 Å². The lowest BCUT2D eigenvalue weighted by atomic mass is 10.0. The Bertz CT molecular complexity index is 1170. The van der Waals surface area contributed by atoms with Gasteiger partial charge in [-0.25, -0.2) is 17.6 Å². The van der Waals surface area contributed by atoms with E-state index in [1.54, 1.807) is 30.5 Å². The van der Waals surface area contributed by atoms with Crippen molar-refractivity contribution in [1.82, 2.24) is 10.3 Å². The number of anilines is 2. The second kappa shape index (κ2) is 9.58. The minimum atomic E-state index is -1.51. The molecule has 0 saturated heterocycles. The highest BCUT2D eigenvalue weighted by Crippen LogP contribution is 2.36. The summed E-state index contributed by atoms with van der Waals surface area (Å²) in [6.07, 6.45) is 1.03. The monoisotopic (exact) mass is 459 g/mol. The average Bonchev–Trinajstić information content (AvgIpc) is 3.25. The van der Waals surface area contributed by atoms with Crippen molar-refractivity contribution in [2.45, 2.75) is 18.9 Å². The van der Waals surface area contributed by atoms with Crippen molar-refractivity contribution in [3.8, 4) is 0 Å². The van der Waals surface area contributed by atoms with Crippen LogP contribution in [0.5, 0.6) is 0 Å². The third-order valence-corrected chi connectivity index (χ3v) is 5.49. The topological polar surface area (TPSA) is 65.5 Å². The van der Waals surface area contributed by atoms with Gasteiger partial charge in [-0.05, 0) is 53.9 Å². The van der Waals surface area contributed by atoms with Crippen molar-refractivity contribution in [3.63, 3.8) is 0 Å². The number of alkyl halides is 1. The van der Waals surface area contributed by atoms with Crippen LogP contribution >= 0.6 is 0 Å². The van der Waals surface area contributed by atoms with Gasteiger partial charge in [0, 0.05) is 48.3 Å². The van der Waals surface area contributed by atoms with E-state index in [1.807, 2.05) is 11.0 Å². The minimum absolute atomic E-state index is 0.113. The fourth-order valence-corrected chi connectivity index (χ4v) is 3.92. The Labute approximate surface area is 187 Å². The van der Waals surface area contributed by atoms with Gasteiger partial charge in [-0.15, -0.1) is 0 Å². The van der Waals surface area contributed by atoms with Crippen LogP contribution in [-0.4, -0.2) is 41.9 Å². The first-order chi connectivity index (χ1) is 15.9. The molecule has 1 aliphatic heterocycles. The van der Waals surface area contributed by atoms with E-state index < -0.39 is 36.1 Å². The highest BCUT2D eigenvalue weighted by molar-refractivity contribution is 5.98. The Kier molecular flexibility index (Phi) is 6.60. The lowest BCUT2D eigenvalue weighted by Crippen LogP contribution is -2.33. The fourth-order valence-electron chi connectivity index (χ4n) is 3.92. The van der Waals surface area contributed by atoms with Crippen molar-refractivity contribution in [2.75, 3.05) is 24.7 Å². The van der Waals surface area contributed by atoms with Crippen LogP contribution in [0, 0.1) is 17.5 Å². The Balaban J connectivity index is 1.56. The number of hydrogen-bond acceptors (Lipinski definition) is 4. The maximum absolute atomic E-state index is 13.5. The number of halogens is 4. The second-order valence-electron chi connectivity index (χ2n) is 7.78. The molecule has 1 aliphatic rings. The van der Waals surface area contributed by atoms with Crippen LogP contribution < -0.4 is 10.2 Å². The predicted octanol–water partition coefficient (Wildman–Crippen LogP) is 3.84. The Hall–Kier alpha value is -3.46. The van der Waals surface area contributed by atoms with Crippen LogP contribution in [0.4, 0.5) is 28.9 Å². The normalized spacial score (nSPS) is 13.7. The summed E-state index contributed by atoms with van der Waals surface area (Å²) in [6, 6.07) is 10.7. The molecule has 0 fully saturated rings. The summed E-state index contributed by atoms with van der Waals surface area (Å²) < 4.78 is 52.8. The van der Waals surface area contributed by atoms with Gasteiger partial charge >= 0.3 is 0 Å². The van der Waals surface area contributed by atoms with Crippen molar-refractivity contribution in [3.05, 3.63) is 88.5 Å². The summed E-state index contributed by atoms with van der Waals surface area (Å²) in [5.41, 5.74) is 3.68. The Morgan fingerprint density at radius 1 is 1.15 bits per heavy atom. The summed E-state index contributed by atoms with van der Waals surface area (Å²) in [5.74, 6) is -4.40. The molecule has 172 valence electrons. The molecule has 4 rings (SSSR count). The number of carbonyl (C=O) groups is 1. The highest BCUT2D eigenvalue weighted by Gasteiger charge is 2.25. The van der Waals surface area contributed by atoms with E-state index in [4.69, 9.17) is 0 Å². The molecule has 0 saturated carbocycles. The van der Waals surface area contributed by atoms with Gasteiger partial charge in [0.2, 0.25) is 0 Å². The van der Waals surface area contributed by atoms with Gasteiger partial charge in [-0.3, -0.25) is 9.78 Å². The van der Waals surface area contributed by atoms with E-state index in [0.29, 0.717) is 24.2 Å². The molecule has 1 amide bonds. The molecule has 2 aromatic carbocycles.